The van der Waals surface area contributed by atoms with Gasteiger partial charge >= 0.3 is 5.97 Å². The Morgan fingerprint density at radius 3 is 2.62 bits per heavy atom. The van der Waals surface area contributed by atoms with Gasteiger partial charge < -0.3 is 10.4 Å². The molecule has 1 saturated carbocycles. The summed E-state index contributed by atoms with van der Waals surface area (Å²) in [5.74, 6) is -0.151. The van der Waals surface area contributed by atoms with Gasteiger partial charge in [0.25, 0.3) is 0 Å². The maximum Gasteiger partial charge on any atom is 0.311 e. The predicted octanol–water partition coefficient (Wildman–Crippen LogP) is 3.10. The molecule has 1 aliphatic rings. The molecule has 1 heterocycles. The number of nitriles is 1. The number of aromatic nitrogens is 1. The summed E-state index contributed by atoms with van der Waals surface area (Å²) in [4.78, 5) is 16.1. The van der Waals surface area contributed by atoms with Crippen LogP contribution < -0.4 is 5.32 Å². The Bertz CT molecular complexity index is 555. The predicted molar refractivity (Wildman–Crippen MR) is 79.9 cm³/mol. The number of aliphatic carboxylic acids is 1. The molecule has 5 heteroatoms. The number of hydrogen-bond acceptors (Lipinski definition) is 4. The van der Waals surface area contributed by atoms with Crippen LogP contribution in [0.15, 0.2) is 12.1 Å². The maximum absolute atomic E-state index is 11.7. The van der Waals surface area contributed by atoms with E-state index in [0.717, 1.165) is 31.4 Å². The molecule has 21 heavy (non-hydrogen) atoms. The number of carboxylic acid groups (broad SMARTS) is 1. The van der Waals surface area contributed by atoms with Gasteiger partial charge in [-0.2, -0.15) is 5.26 Å². The summed E-state index contributed by atoms with van der Waals surface area (Å²) >= 11 is 0. The zero-order valence-corrected chi connectivity index (χ0v) is 12.4. The lowest BCUT2D eigenvalue weighted by atomic mass is 9.80. The fourth-order valence-electron chi connectivity index (χ4n) is 2.95. The van der Waals surface area contributed by atoms with Crippen LogP contribution in [0.25, 0.3) is 0 Å². The van der Waals surface area contributed by atoms with Crippen molar-refractivity contribution in [1.82, 2.24) is 4.98 Å². The zero-order chi connectivity index (χ0) is 15.3. The molecule has 0 atom stereocenters. The molecule has 0 spiro atoms. The maximum atomic E-state index is 11.7. The van der Waals surface area contributed by atoms with Crippen molar-refractivity contribution in [2.45, 2.75) is 45.4 Å². The fourth-order valence-corrected chi connectivity index (χ4v) is 2.95. The molecule has 1 aromatic rings. The Hall–Kier alpha value is -2.09. The molecule has 112 valence electrons. The summed E-state index contributed by atoms with van der Waals surface area (Å²) in [6, 6.07) is 5.47. The van der Waals surface area contributed by atoms with E-state index in [4.69, 9.17) is 5.26 Å². The van der Waals surface area contributed by atoms with Crippen LogP contribution in [0.5, 0.6) is 0 Å². The lowest BCUT2D eigenvalue weighted by Crippen LogP contribution is -2.37. The third kappa shape index (κ3) is 3.72. The molecule has 2 rings (SSSR count). The summed E-state index contributed by atoms with van der Waals surface area (Å²) in [7, 11) is 0. The van der Waals surface area contributed by atoms with Gasteiger partial charge in [0.15, 0.2) is 0 Å². The SMILES string of the molecule is Cc1cc(C#N)cc(NCC2(C(=O)O)CCCCCC2)n1. The van der Waals surface area contributed by atoms with Crippen LogP contribution in [0.4, 0.5) is 5.82 Å². The number of hydrogen-bond donors (Lipinski definition) is 2. The van der Waals surface area contributed by atoms with Crippen molar-refractivity contribution in [2.75, 3.05) is 11.9 Å². The minimum Gasteiger partial charge on any atom is -0.481 e. The Morgan fingerprint density at radius 1 is 1.38 bits per heavy atom. The minimum atomic E-state index is -0.731. The van der Waals surface area contributed by atoms with Crippen molar-refractivity contribution in [1.29, 1.82) is 5.26 Å². The van der Waals surface area contributed by atoms with Crippen molar-refractivity contribution in [3.05, 3.63) is 23.4 Å². The van der Waals surface area contributed by atoms with Crippen LogP contribution in [0.3, 0.4) is 0 Å². The van der Waals surface area contributed by atoms with Crippen molar-refractivity contribution in [3.8, 4) is 6.07 Å². The smallest absolute Gasteiger partial charge is 0.311 e. The van der Waals surface area contributed by atoms with Crippen LogP contribution in [0.2, 0.25) is 0 Å². The second-order valence-corrected chi connectivity index (χ2v) is 5.85. The van der Waals surface area contributed by atoms with Crippen LogP contribution in [-0.4, -0.2) is 22.6 Å². The second kappa shape index (κ2) is 6.57. The largest absolute Gasteiger partial charge is 0.481 e. The molecular weight excluding hydrogens is 266 g/mol. The summed E-state index contributed by atoms with van der Waals surface area (Å²) in [6.07, 6.45) is 5.53. The standard InChI is InChI=1S/C16H21N3O2/c1-12-8-13(10-17)9-14(19-12)18-11-16(15(20)21)6-4-2-3-5-7-16/h8-9H,2-7,11H2,1H3,(H,18,19)(H,20,21). The van der Waals surface area contributed by atoms with E-state index in [1.165, 1.54) is 0 Å². The van der Waals surface area contributed by atoms with E-state index < -0.39 is 11.4 Å². The van der Waals surface area contributed by atoms with E-state index in [-0.39, 0.29) is 0 Å². The Balaban J connectivity index is 2.13. The normalized spacial score (nSPS) is 17.5. The monoisotopic (exact) mass is 287 g/mol. The third-order valence-corrected chi connectivity index (χ3v) is 4.20. The molecule has 1 fully saturated rings. The van der Waals surface area contributed by atoms with E-state index in [1.54, 1.807) is 12.1 Å². The number of carbonyl (C=O) groups is 1. The van der Waals surface area contributed by atoms with Gasteiger partial charge in [0.05, 0.1) is 17.0 Å². The molecular formula is C16H21N3O2. The van der Waals surface area contributed by atoms with Crippen molar-refractivity contribution in [3.63, 3.8) is 0 Å². The molecule has 1 aromatic heterocycles. The Labute approximate surface area is 125 Å². The molecule has 0 saturated heterocycles. The number of rotatable bonds is 4. The van der Waals surface area contributed by atoms with Gasteiger partial charge in [0, 0.05) is 12.2 Å². The highest BCUT2D eigenvalue weighted by Crippen LogP contribution is 2.35. The lowest BCUT2D eigenvalue weighted by Gasteiger charge is -2.28. The number of nitrogens with one attached hydrogen (secondary N) is 1. The van der Waals surface area contributed by atoms with Gasteiger partial charge in [-0.15, -0.1) is 0 Å². The molecule has 0 unspecified atom stereocenters. The number of aryl methyl sites for hydroxylation is 1. The second-order valence-electron chi connectivity index (χ2n) is 5.85. The van der Waals surface area contributed by atoms with Gasteiger partial charge in [-0.3, -0.25) is 4.79 Å². The first-order chi connectivity index (χ1) is 10.1. The molecule has 0 amide bonds. The van der Waals surface area contributed by atoms with Crippen LogP contribution in [0, 0.1) is 23.7 Å². The van der Waals surface area contributed by atoms with Gasteiger partial charge in [-0.25, -0.2) is 4.98 Å². The highest BCUT2D eigenvalue weighted by Gasteiger charge is 2.38. The molecule has 0 radical (unpaired) electrons. The van der Waals surface area contributed by atoms with E-state index in [2.05, 4.69) is 16.4 Å². The van der Waals surface area contributed by atoms with E-state index in [1.807, 2.05) is 6.92 Å². The minimum absolute atomic E-state index is 0.365. The average molecular weight is 287 g/mol. The first kappa shape index (κ1) is 15.3. The molecule has 0 bridgehead atoms. The lowest BCUT2D eigenvalue weighted by molar-refractivity contribution is -0.149. The van der Waals surface area contributed by atoms with Crippen molar-refractivity contribution >= 4 is 11.8 Å². The highest BCUT2D eigenvalue weighted by molar-refractivity contribution is 5.75. The average Bonchev–Trinajstić information content (AvgIpc) is 2.71. The summed E-state index contributed by atoms with van der Waals surface area (Å²) < 4.78 is 0. The quantitative estimate of drug-likeness (QED) is 0.831. The summed E-state index contributed by atoms with van der Waals surface area (Å²) in [6.45, 7) is 2.19. The van der Waals surface area contributed by atoms with Gasteiger partial charge in [0.1, 0.15) is 5.82 Å². The number of carboxylic acids is 1. The van der Waals surface area contributed by atoms with Crippen molar-refractivity contribution in [2.24, 2.45) is 5.41 Å². The Morgan fingerprint density at radius 2 is 2.05 bits per heavy atom. The topological polar surface area (TPSA) is 86.0 Å². The van der Waals surface area contributed by atoms with Gasteiger partial charge in [-0.1, -0.05) is 25.7 Å². The third-order valence-electron chi connectivity index (χ3n) is 4.20. The first-order valence-electron chi connectivity index (χ1n) is 7.42. The van der Waals surface area contributed by atoms with Gasteiger partial charge in [-0.05, 0) is 31.9 Å². The van der Waals surface area contributed by atoms with Crippen LogP contribution in [-0.2, 0) is 4.79 Å². The number of pyridine rings is 1. The molecule has 0 aromatic carbocycles. The highest BCUT2D eigenvalue weighted by atomic mass is 16.4. The summed E-state index contributed by atoms with van der Waals surface area (Å²) in [5.41, 5.74) is 0.575. The molecule has 5 nitrogen and oxygen atoms in total. The van der Waals surface area contributed by atoms with Gasteiger partial charge in [0.2, 0.25) is 0 Å². The number of nitrogens with zero attached hydrogens (tertiary/aromatic N) is 2. The van der Waals surface area contributed by atoms with E-state index in [9.17, 15) is 9.90 Å². The molecule has 2 N–H and O–H groups in total. The van der Waals surface area contributed by atoms with Crippen LogP contribution in [0.1, 0.15) is 49.8 Å². The number of anilines is 1. The Kier molecular flexibility index (Phi) is 4.79. The summed E-state index contributed by atoms with van der Waals surface area (Å²) in [5, 5.41) is 21.8. The zero-order valence-electron chi connectivity index (χ0n) is 12.4. The van der Waals surface area contributed by atoms with Crippen LogP contribution >= 0.6 is 0 Å². The fraction of sp³-hybridized carbons (Fsp3) is 0.562. The van der Waals surface area contributed by atoms with Crippen molar-refractivity contribution < 1.29 is 9.90 Å². The molecule has 0 aliphatic heterocycles. The molecule has 1 aliphatic carbocycles. The first-order valence-corrected chi connectivity index (χ1v) is 7.42. The van der Waals surface area contributed by atoms with E-state index >= 15 is 0 Å². The van der Waals surface area contributed by atoms with E-state index in [0.29, 0.717) is 30.8 Å².